The molecule has 2 atom stereocenters. The minimum atomic E-state index is -4.27. The topological polar surface area (TPSA) is 108 Å². The molecule has 0 fully saturated rings. The van der Waals surface area contributed by atoms with Crippen molar-refractivity contribution in [3.63, 3.8) is 0 Å². The second-order valence-corrected chi connectivity index (χ2v) is 15.1. The molecule has 0 amide bonds. The molecule has 0 saturated carbocycles. The summed E-state index contributed by atoms with van der Waals surface area (Å²) < 4.78 is 32.6. The van der Waals surface area contributed by atoms with Gasteiger partial charge in [-0.15, -0.1) is 0 Å². The highest BCUT2D eigenvalue weighted by molar-refractivity contribution is 7.47. The van der Waals surface area contributed by atoms with Gasteiger partial charge in [0.2, 0.25) is 0 Å². The van der Waals surface area contributed by atoms with Gasteiger partial charge in [0.15, 0.2) is 6.10 Å². The molecule has 2 unspecified atom stereocenters. The fraction of sp³-hybridized carbons (Fsp3) is 0.949. The van der Waals surface area contributed by atoms with Crippen LogP contribution in [0.4, 0.5) is 0 Å². The van der Waals surface area contributed by atoms with Gasteiger partial charge in [-0.1, -0.05) is 181 Å². The molecule has 0 aliphatic carbocycles. The fourth-order valence-corrected chi connectivity index (χ4v) is 6.68. The van der Waals surface area contributed by atoms with Crippen molar-refractivity contribution in [3.8, 4) is 0 Å². The fourth-order valence-electron chi connectivity index (χ4n) is 5.92. The molecule has 286 valence electrons. The number of hydrogen-bond donors (Lipinski definition) is 1. The van der Waals surface area contributed by atoms with Crippen molar-refractivity contribution in [2.24, 2.45) is 0 Å². The molecule has 0 aromatic rings. The van der Waals surface area contributed by atoms with E-state index < -0.39 is 19.9 Å². The van der Waals surface area contributed by atoms with Gasteiger partial charge in [0.25, 0.3) is 0 Å². The van der Waals surface area contributed by atoms with E-state index in [1.54, 1.807) is 6.92 Å². The second-order valence-electron chi connectivity index (χ2n) is 13.7. The Hall–Kier alpha value is -0.950. The zero-order valence-corrected chi connectivity index (χ0v) is 32.6. The summed E-state index contributed by atoms with van der Waals surface area (Å²) in [4.78, 5) is 34.6. The van der Waals surface area contributed by atoms with Gasteiger partial charge in [0, 0.05) is 12.8 Å². The van der Waals surface area contributed by atoms with E-state index in [1.165, 1.54) is 141 Å². The summed E-state index contributed by atoms with van der Waals surface area (Å²) in [7, 11) is -4.27. The third-order valence-corrected chi connectivity index (χ3v) is 9.97. The van der Waals surface area contributed by atoms with E-state index in [9.17, 15) is 19.0 Å². The number of phosphoric ester groups is 1. The normalized spacial score (nSPS) is 13.3. The van der Waals surface area contributed by atoms with Gasteiger partial charge in [0.1, 0.15) is 6.61 Å². The molecule has 0 radical (unpaired) electrons. The molecule has 48 heavy (non-hydrogen) atoms. The lowest BCUT2D eigenvalue weighted by Gasteiger charge is -2.19. The Morgan fingerprint density at radius 1 is 0.479 bits per heavy atom. The molecular weight excluding hydrogens is 627 g/mol. The Morgan fingerprint density at radius 2 is 0.812 bits per heavy atom. The number of carbonyl (C=O) groups is 2. The first-order chi connectivity index (χ1) is 23.3. The Kier molecular flexibility index (Phi) is 35.2. The predicted molar refractivity (Wildman–Crippen MR) is 198 cm³/mol. The Balaban J connectivity index is 4.07. The maximum atomic E-state index is 12.5. The van der Waals surface area contributed by atoms with Crippen LogP contribution in [-0.4, -0.2) is 42.8 Å². The van der Waals surface area contributed by atoms with E-state index >= 15 is 0 Å². The standard InChI is InChI=1S/C39H77O8P/c1-4-7-9-11-13-15-17-19-21-23-25-27-29-31-33-38(40)44-35-37(36-46-48(42,43)45-6-3)47-39(41)34-32-30-28-26-24-22-20-18-16-14-12-10-8-5-2/h37H,4-36H2,1-3H3,(H,42,43). The number of hydrogen-bond acceptors (Lipinski definition) is 7. The van der Waals surface area contributed by atoms with Crippen molar-refractivity contribution in [2.45, 2.75) is 219 Å². The van der Waals surface area contributed by atoms with Crippen molar-refractivity contribution in [2.75, 3.05) is 19.8 Å². The summed E-state index contributed by atoms with van der Waals surface area (Å²) in [6, 6.07) is 0. The molecule has 0 rings (SSSR count). The van der Waals surface area contributed by atoms with Crippen molar-refractivity contribution in [1.29, 1.82) is 0 Å². The van der Waals surface area contributed by atoms with Gasteiger partial charge in [-0.2, -0.15) is 0 Å². The van der Waals surface area contributed by atoms with Crippen LogP contribution in [0.15, 0.2) is 0 Å². The lowest BCUT2D eigenvalue weighted by molar-refractivity contribution is -0.161. The predicted octanol–water partition coefficient (Wildman–Crippen LogP) is 12.3. The molecule has 0 spiro atoms. The molecule has 0 aromatic heterocycles. The smallest absolute Gasteiger partial charge is 0.462 e. The van der Waals surface area contributed by atoms with Crippen molar-refractivity contribution >= 4 is 19.8 Å². The van der Waals surface area contributed by atoms with Crippen LogP contribution in [-0.2, 0) is 32.7 Å². The highest BCUT2D eigenvalue weighted by atomic mass is 31.2. The lowest BCUT2D eigenvalue weighted by atomic mass is 10.0. The van der Waals surface area contributed by atoms with Crippen LogP contribution in [0.3, 0.4) is 0 Å². The summed E-state index contributed by atoms with van der Waals surface area (Å²) in [5, 5.41) is 0. The molecule has 0 aliphatic rings. The molecule has 8 nitrogen and oxygen atoms in total. The molecule has 0 saturated heterocycles. The van der Waals surface area contributed by atoms with Gasteiger partial charge in [-0.25, -0.2) is 4.57 Å². The number of phosphoric acid groups is 1. The third kappa shape index (κ3) is 34.9. The van der Waals surface area contributed by atoms with Crippen LogP contribution in [0.2, 0.25) is 0 Å². The zero-order chi connectivity index (χ0) is 35.4. The van der Waals surface area contributed by atoms with E-state index in [1.807, 2.05) is 0 Å². The zero-order valence-electron chi connectivity index (χ0n) is 31.7. The number of carbonyl (C=O) groups excluding carboxylic acids is 2. The molecular formula is C39H77O8P. The van der Waals surface area contributed by atoms with Crippen LogP contribution >= 0.6 is 7.82 Å². The van der Waals surface area contributed by atoms with Crippen LogP contribution < -0.4 is 0 Å². The highest BCUT2D eigenvalue weighted by Crippen LogP contribution is 2.43. The van der Waals surface area contributed by atoms with E-state index in [4.69, 9.17) is 18.5 Å². The SMILES string of the molecule is CCCCCCCCCCCCCCCCC(=O)OCC(COP(=O)(O)OCC)OC(=O)CCCCCCCCCCCCCCCC. The number of ether oxygens (including phenoxy) is 2. The van der Waals surface area contributed by atoms with Crippen LogP contribution in [0.5, 0.6) is 0 Å². The first-order valence-electron chi connectivity index (χ1n) is 20.3. The summed E-state index contributed by atoms with van der Waals surface area (Å²) >= 11 is 0. The Morgan fingerprint density at radius 3 is 1.17 bits per heavy atom. The van der Waals surface area contributed by atoms with E-state index in [0.717, 1.165) is 38.5 Å². The van der Waals surface area contributed by atoms with E-state index in [-0.39, 0.29) is 32.2 Å². The molecule has 0 bridgehead atoms. The van der Waals surface area contributed by atoms with Crippen LogP contribution in [0.1, 0.15) is 213 Å². The largest absolute Gasteiger partial charge is 0.472 e. The minimum Gasteiger partial charge on any atom is -0.462 e. The van der Waals surface area contributed by atoms with Gasteiger partial charge < -0.3 is 14.4 Å². The van der Waals surface area contributed by atoms with Gasteiger partial charge in [0.05, 0.1) is 13.2 Å². The molecule has 1 N–H and O–H groups in total. The van der Waals surface area contributed by atoms with Gasteiger partial charge in [-0.05, 0) is 19.8 Å². The maximum Gasteiger partial charge on any atom is 0.472 e. The number of rotatable bonds is 38. The molecule has 0 aromatic carbocycles. The molecule has 9 heteroatoms. The maximum absolute atomic E-state index is 12.5. The summed E-state index contributed by atoms with van der Waals surface area (Å²) in [6.45, 7) is 5.50. The average molecular weight is 705 g/mol. The Labute approximate surface area is 296 Å². The van der Waals surface area contributed by atoms with Gasteiger partial charge in [-0.3, -0.25) is 18.6 Å². The highest BCUT2D eigenvalue weighted by Gasteiger charge is 2.25. The van der Waals surface area contributed by atoms with Crippen LogP contribution in [0.25, 0.3) is 0 Å². The third-order valence-electron chi connectivity index (χ3n) is 8.91. The van der Waals surface area contributed by atoms with E-state index in [2.05, 4.69) is 13.8 Å². The number of esters is 2. The monoisotopic (exact) mass is 705 g/mol. The first kappa shape index (κ1) is 47.0. The lowest BCUT2D eigenvalue weighted by Crippen LogP contribution is -2.29. The minimum absolute atomic E-state index is 0.00549. The Bertz CT molecular complexity index is 762. The summed E-state index contributed by atoms with van der Waals surface area (Å²) in [6.07, 6.45) is 34.3. The first-order valence-corrected chi connectivity index (χ1v) is 21.8. The summed E-state index contributed by atoms with van der Waals surface area (Å²) in [5.41, 5.74) is 0. The second kappa shape index (κ2) is 35.9. The summed E-state index contributed by atoms with van der Waals surface area (Å²) in [5.74, 6) is -0.784. The molecule has 0 heterocycles. The van der Waals surface area contributed by atoms with E-state index in [0.29, 0.717) is 6.42 Å². The van der Waals surface area contributed by atoms with Crippen molar-refractivity contribution < 1.29 is 37.6 Å². The molecule has 0 aliphatic heterocycles. The van der Waals surface area contributed by atoms with Crippen LogP contribution in [0, 0.1) is 0 Å². The quantitative estimate of drug-likeness (QED) is 0.0384. The van der Waals surface area contributed by atoms with Gasteiger partial charge >= 0.3 is 19.8 Å². The van der Waals surface area contributed by atoms with Crippen molar-refractivity contribution in [3.05, 3.63) is 0 Å². The average Bonchev–Trinajstić information content (AvgIpc) is 3.06. The van der Waals surface area contributed by atoms with Crippen molar-refractivity contribution in [1.82, 2.24) is 0 Å². The number of unbranched alkanes of at least 4 members (excludes halogenated alkanes) is 26.